The van der Waals surface area contributed by atoms with Gasteiger partial charge in [-0.3, -0.25) is 9.69 Å². The Labute approximate surface area is 166 Å². The van der Waals surface area contributed by atoms with Crippen LogP contribution in [0.5, 0.6) is 5.75 Å². The monoisotopic (exact) mass is 393 g/mol. The highest BCUT2D eigenvalue weighted by Crippen LogP contribution is 2.20. The van der Waals surface area contributed by atoms with E-state index < -0.39 is 0 Å². The van der Waals surface area contributed by atoms with Crippen LogP contribution in [-0.4, -0.2) is 75.1 Å². The Morgan fingerprint density at radius 3 is 2.64 bits per heavy atom. The number of hydrogen-bond donors (Lipinski definition) is 2. The summed E-state index contributed by atoms with van der Waals surface area (Å²) in [5, 5.41) is 6.62. The molecule has 0 unspecified atom stereocenters. The summed E-state index contributed by atoms with van der Waals surface area (Å²) in [6.45, 7) is 5.43. The van der Waals surface area contributed by atoms with E-state index in [1.54, 1.807) is 26.2 Å². The maximum absolute atomic E-state index is 13.9. The van der Waals surface area contributed by atoms with Crippen LogP contribution in [0.25, 0.3) is 0 Å². The van der Waals surface area contributed by atoms with Gasteiger partial charge in [0.25, 0.3) is 0 Å². The lowest BCUT2D eigenvalue weighted by molar-refractivity contribution is -0.127. The van der Waals surface area contributed by atoms with Crippen LogP contribution in [-0.2, 0) is 11.3 Å². The van der Waals surface area contributed by atoms with Crippen molar-refractivity contribution in [2.24, 2.45) is 4.99 Å². The highest BCUT2D eigenvalue weighted by Gasteiger charge is 2.20. The molecule has 1 fully saturated rings. The number of piperidine rings is 1. The van der Waals surface area contributed by atoms with E-state index in [1.807, 2.05) is 13.0 Å². The molecule has 1 aromatic rings. The van der Waals surface area contributed by atoms with Gasteiger partial charge >= 0.3 is 0 Å². The number of methoxy groups -OCH3 is 1. The zero-order chi connectivity index (χ0) is 20.5. The highest BCUT2D eigenvalue weighted by molar-refractivity contribution is 5.84. The Kier molecular flexibility index (Phi) is 8.50. The smallest absolute Gasteiger partial charge is 0.243 e. The van der Waals surface area contributed by atoms with Gasteiger partial charge < -0.3 is 20.3 Å². The molecule has 1 saturated heterocycles. The number of carbonyl (C=O) groups is 1. The molecule has 0 aliphatic carbocycles. The lowest BCUT2D eigenvalue weighted by atomic mass is 10.0. The predicted molar refractivity (Wildman–Crippen MR) is 109 cm³/mol. The van der Waals surface area contributed by atoms with Crippen LogP contribution in [0.2, 0.25) is 0 Å². The van der Waals surface area contributed by atoms with Gasteiger partial charge in [0.05, 0.1) is 7.11 Å². The summed E-state index contributed by atoms with van der Waals surface area (Å²) in [6.07, 6.45) is 1.93. The van der Waals surface area contributed by atoms with Gasteiger partial charge in [-0.25, -0.2) is 9.38 Å². The number of nitrogens with one attached hydrogen (secondary N) is 2. The molecule has 0 radical (unpaired) electrons. The zero-order valence-electron chi connectivity index (χ0n) is 17.3. The second kappa shape index (κ2) is 10.8. The van der Waals surface area contributed by atoms with Gasteiger partial charge in [-0.1, -0.05) is 6.07 Å². The summed E-state index contributed by atoms with van der Waals surface area (Å²) < 4.78 is 18.8. The molecule has 1 amide bonds. The van der Waals surface area contributed by atoms with Crippen LogP contribution in [0.3, 0.4) is 0 Å². The lowest BCUT2D eigenvalue weighted by Crippen LogP contribution is -2.48. The molecular formula is C20H32FN5O2. The number of likely N-dealkylation sites (N-methyl/N-ethyl adjacent to an activating group) is 1. The number of likely N-dealkylation sites (tertiary alicyclic amines) is 1. The molecule has 1 heterocycles. The fourth-order valence-electron chi connectivity index (χ4n) is 3.10. The van der Waals surface area contributed by atoms with E-state index in [2.05, 4.69) is 20.5 Å². The molecular weight excluding hydrogens is 361 g/mol. The number of rotatable bonds is 7. The van der Waals surface area contributed by atoms with Crippen molar-refractivity contribution in [2.45, 2.75) is 32.4 Å². The molecule has 7 nitrogen and oxygen atoms in total. The maximum atomic E-state index is 13.9. The van der Waals surface area contributed by atoms with Crippen molar-refractivity contribution in [3.63, 3.8) is 0 Å². The first-order chi connectivity index (χ1) is 13.4. The zero-order valence-corrected chi connectivity index (χ0v) is 17.3. The van der Waals surface area contributed by atoms with Gasteiger partial charge in [0.15, 0.2) is 17.5 Å². The Hall–Kier alpha value is -2.35. The second-order valence-electron chi connectivity index (χ2n) is 7.15. The normalized spacial score (nSPS) is 16.0. The minimum absolute atomic E-state index is 0.0289. The topological polar surface area (TPSA) is 69.2 Å². The molecule has 1 aliphatic rings. The molecule has 0 atom stereocenters. The summed E-state index contributed by atoms with van der Waals surface area (Å²) in [4.78, 5) is 20.0. The average Bonchev–Trinajstić information content (AvgIpc) is 2.67. The largest absolute Gasteiger partial charge is 0.494 e. The van der Waals surface area contributed by atoms with Crippen LogP contribution < -0.4 is 15.4 Å². The van der Waals surface area contributed by atoms with Crippen molar-refractivity contribution in [3.8, 4) is 5.75 Å². The number of halogens is 1. The highest BCUT2D eigenvalue weighted by atomic mass is 19.1. The van der Waals surface area contributed by atoms with E-state index in [9.17, 15) is 9.18 Å². The third kappa shape index (κ3) is 6.67. The molecule has 28 heavy (non-hydrogen) atoms. The summed E-state index contributed by atoms with van der Waals surface area (Å²) in [5.41, 5.74) is 0.946. The third-order valence-corrected chi connectivity index (χ3v) is 4.77. The molecule has 2 N–H and O–H groups in total. The summed E-state index contributed by atoms with van der Waals surface area (Å²) in [6, 6.07) is 5.42. The van der Waals surface area contributed by atoms with E-state index in [0.717, 1.165) is 44.6 Å². The molecule has 0 spiro atoms. The fraction of sp³-hybridized carbons (Fsp3) is 0.600. The van der Waals surface area contributed by atoms with Crippen LogP contribution in [0.15, 0.2) is 23.2 Å². The van der Waals surface area contributed by atoms with Gasteiger partial charge in [0.1, 0.15) is 6.54 Å². The van der Waals surface area contributed by atoms with Crippen LogP contribution >= 0.6 is 0 Å². The minimum atomic E-state index is -0.324. The Balaban J connectivity index is 1.83. The standard InChI is InChI=1S/C20H32FN5O2/c1-5-22-20(23-13-19(27)25(2)3)24-16-8-10-26(11-9-16)14-15-6-7-18(28-4)17(21)12-15/h6-7,12,16H,5,8-11,13-14H2,1-4H3,(H2,22,23,24). The van der Waals surface area contributed by atoms with Crippen LogP contribution in [0, 0.1) is 5.82 Å². The van der Waals surface area contributed by atoms with Crippen LogP contribution in [0.1, 0.15) is 25.3 Å². The van der Waals surface area contributed by atoms with Crippen molar-refractivity contribution < 1.29 is 13.9 Å². The van der Waals surface area contributed by atoms with Gasteiger partial charge in [0.2, 0.25) is 5.91 Å². The maximum Gasteiger partial charge on any atom is 0.243 e. The van der Waals surface area contributed by atoms with E-state index >= 15 is 0 Å². The quantitative estimate of drug-likeness (QED) is 0.542. The number of guanidine groups is 1. The van der Waals surface area contributed by atoms with Gasteiger partial charge in [-0.05, 0) is 37.5 Å². The first-order valence-electron chi connectivity index (χ1n) is 9.72. The van der Waals surface area contributed by atoms with E-state index in [1.165, 1.54) is 12.0 Å². The predicted octanol–water partition coefficient (Wildman–Crippen LogP) is 1.44. The van der Waals surface area contributed by atoms with Crippen molar-refractivity contribution in [2.75, 3.05) is 47.4 Å². The number of amides is 1. The second-order valence-corrected chi connectivity index (χ2v) is 7.15. The van der Waals surface area contributed by atoms with Gasteiger partial charge in [-0.2, -0.15) is 0 Å². The number of benzene rings is 1. The number of hydrogen-bond acceptors (Lipinski definition) is 4. The molecule has 1 aliphatic heterocycles. The summed E-state index contributed by atoms with van der Waals surface area (Å²) in [7, 11) is 4.92. The Bertz CT molecular complexity index is 673. The average molecular weight is 394 g/mol. The molecule has 156 valence electrons. The van der Waals surface area contributed by atoms with Gasteiger partial charge in [-0.15, -0.1) is 0 Å². The molecule has 0 bridgehead atoms. The van der Waals surface area contributed by atoms with Crippen molar-refractivity contribution in [1.82, 2.24) is 20.4 Å². The van der Waals surface area contributed by atoms with Crippen molar-refractivity contribution in [3.05, 3.63) is 29.6 Å². The number of aliphatic imine (C=N–C) groups is 1. The van der Waals surface area contributed by atoms with Crippen LogP contribution in [0.4, 0.5) is 4.39 Å². The number of nitrogens with zero attached hydrogens (tertiary/aromatic N) is 3. The van der Waals surface area contributed by atoms with Gasteiger partial charge in [0, 0.05) is 46.3 Å². The summed E-state index contributed by atoms with van der Waals surface area (Å²) in [5.74, 6) is 0.595. The third-order valence-electron chi connectivity index (χ3n) is 4.77. The molecule has 0 saturated carbocycles. The molecule has 2 rings (SSSR count). The van der Waals surface area contributed by atoms with E-state index in [-0.39, 0.29) is 24.0 Å². The molecule has 8 heteroatoms. The minimum Gasteiger partial charge on any atom is -0.494 e. The Morgan fingerprint density at radius 1 is 1.36 bits per heavy atom. The van der Waals surface area contributed by atoms with E-state index in [4.69, 9.17) is 4.74 Å². The summed E-state index contributed by atoms with van der Waals surface area (Å²) >= 11 is 0. The van der Waals surface area contributed by atoms with Crippen molar-refractivity contribution in [1.29, 1.82) is 0 Å². The number of ether oxygens (including phenoxy) is 1. The van der Waals surface area contributed by atoms with Crippen molar-refractivity contribution >= 4 is 11.9 Å². The molecule has 0 aromatic heterocycles. The van der Waals surface area contributed by atoms with E-state index in [0.29, 0.717) is 12.0 Å². The first kappa shape index (κ1) is 21.9. The molecule has 1 aromatic carbocycles. The fourth-order valence-corrected chi connectivity index (χ4v) is 3.10. The first-order valence-corrected chi connectivity index (χ1v) is 9.72. The SMILES string of the molecule is CCNC(=NCC(=O)N(C)C)NC1CCN(Cc2ccc(OC)c(F)c2)CC1. The number of carbonyl (C=O) groups excluding carboxylic acids is 1. The Morgan fingerprint density at radius 2 is 2.07 bits per heavy atom. The lowest BCUT2D eigenvalue weighted by Gasteiger charge is -2.33.